The largest absolute Gasteiger partial charge is 0.472 e. The van der Waals surface area contributed by atoms with E-state index < -0.39 is 97.5 Å². The number of hydrogen-bond donors (Lipinski definition) is 3. The van der Waals surface area contributed by atoms with Crippen molar-refractivity contribution in [3.05, 3.63) is 0 Å². The van der Waals surface area contributed by atoms with E-state index in [0.29, 0.717) is 25.7 Å². The number of aliphatic hydroxyl groups excluding tert-OH is 1. The molecule has 17 nitrogen and oxygen atoms in total. The van der Waals surface area contributed by atoms with Crippen LogP contribution in [0.5, 0.6) is 0 Å². The van der Waals surface area contributed by atoms with Gasteiger partial charge in [-0.15, -0.1) is 0 Å². The van der Waals surface area contributed by atoms with Gasteiger partial charge in [0.15, 0.2) is 12.2 Å². The number of esters is 4. The van der Waals surface area contributed by atoms with Crippen LogP contribution in [0.4, 0.5) is 0 Å². The van der Waals surface area contributed by atoms with Crippen molar-refractivity contribution in [3.63, 3.8) is 0 Å². The molecule has 0 amide bonds. The van der Waals surface area contributed by atoms with Gasteiger partial charge >= 0.3 is 39.5 Å². The summed E-state index contributed by atoms with van der Waals surface area (Å²) in [7, 11) is -9.90. The summed E-state index contributed by atoms with van der Waals surface area (Å²) in [6.07, 6.45) is 54.4. The van der Waals surface area contributed by atoms with Crippen LogP contribution in [0.3, 0.4) is 0 Å². The molecular formula is C77H150O17P2. The molecule has 0 bridgehead atoms. The number of hydrogen-bond acceptors (Lipinski definition) is 15. The highest BCUT2D eigenvalue weighted by Gasteiger charge is 2.30. The zero-order chi connectivity index (χ0) is 70.9. The van der Waals surface area contributed by atoms with Gasteiger partial charge in [0, 0.05) is 25.7 Å². The number of phosphoric ester groups is 2. The summed E-state index contributed by atoms with van der Waals surface area (Å²) in [5.41, 5.74) is 0. The van der Waals surface area contributed by atoms with Crippen molar-refractivity contribution in [1.29, 1.82) is 0 Å². The number of carbonyl (C=O) groups excluding carboxylic acids is 4. The Morgan fingerprint density at radius 1 is 0.302 bits per heavy atom. The Hall–Kier alpha value is -1.94. The van der Waals surface area contributed by atoms with Gasteiger partial charge in [-0.05, 0) is 43.4 Å². The number of ether oxygens (including phenoxy) is 4. The van der Waals surface area contributed by atoms with Gasteiger partial charge in [0.25, 0.3) is 0 Å². The molecule has 0 aromatic carbocycles. The molecule has 96 heavy (non-hydrogen) atoms. The number of phosphoric acid groups is 2. The Morgan fingerprint density at radius 2 is 0.531 bits per heavy atom. The maximum absolute atomic E-state index is 13.1. The van der Waals surface area contributed by atoms with Crippen molar-refractivity contribution in [3.8, 4) is 0 Å². The van der Waals surface area contributed by atoms with E-state index in [-0.39, 0.29) is 25.7 Å². The van der Waals surface area contributed by atoms with Crippen LogP contribution in [-0.4, -0.2) is 96.7 Å². The lowest BCUT2D eigenvalue weighted by Gasteiger charge is -2.21. The summed E-state index contributed by atoms with van der Waals surface area (Å²) in [6, 6.07) is 0. The summed E-state index contributed by atoms with van der Waals surface area (Å²) >= 11 is 0. The molecule has 7 atom stereocenters. The minimum Gasteiger partial charge on any atom is -0.462 e. The molecule has 0 heterocycles. The molecule has 0 aliphatic heterocycles. The molecule has 0 aliphatic carbocycles. The van der Waals surface area contributed by atoms with Gasteiger partial charge in [-0.1, -0.05) is 344 Å². The molecule has 0 saturated carbocycles. The standard InChI is InChI=1S/C77H150O17P2/c1-8-11-12-41-51-58-74(79)87-64-72(93-76(81)60-54-47-40-34-28-22-21-23-29-35-42-48-55-68(4)5)66-91-95(83,84)89-62-71(78)63-90-96(85,86)92-67-73(94-77(82)61-53-46-39-33-27-20-16-14-18-25-31-37-44-50-57-70(7)10-3)65-88-75(80)59-52-45-38-32-26-19-15-13-17-24-30-36-43-49-56-69(6)9-2/h68-73,78H,8-67H2,1-7H3,(H,83,84)(H,85,86)/t69?,70?,71-,72+,73+/m0/s1. The van der Waals surface area contributed by atoms with Gasteiger partial charge in [0.1, 0.15) is 19.3 Å². The van der Waals surface area contributed by atoms with Crippen molar-refractivity contribution in [2.24, 2.45) is 17.8 Å². The second-order valence-electron chi connectivity index (χ2n) is 28.7. The van der Waals surface area contributed by atoms with Crippen molar-refractivity contribution >= 4 is 39.5 Å². The van der Waals surface area contributed by atoms with Crippen molar-refractivity contribution in [1.82, 2.24) is 0 Å². The molecule has 19 heteroatoms. The lowest BCUT2D eigenvalue weighted by atomic mass is 9.99. The van der Waals surface area contributed by atoms with Crippen LogP contribution in [0.25, 0.3) is 0 Å². The van der Waals surface area contributed by atoms with Crippen molar-refractivity contribution in [2.75, 3.05) is 39.6 Å². The topological polar surface area (TPSA) is 237 Å². The molecule has 0 radical (unpaired) electrons. The number of carbonyl (C=O) groups is 4. The Kier molecular flexibility index (Phi) is 66.2. The summed E-state index contributed by atoms with van der Waals surface area (Å²) < 4.78 is 68.4. The summed E-state index contributed by atoms with van der Waals surface area (Å²) in [5.74, 6) is 0.346. The van der Waals surface area contributed by atoms with Crippen LogP contribution < -0.4 is 0 Å². The van der Waals surface area contributed by atoms with Crippen LogP contribution >= 0.6 is 15.6 Å². The lowest BCUT2D eigenvalue weighted by Crippen LogP contribution is -2.30. The summed E-state index contributed by atoms with van der Waals surface area (Å²) in [5, 5.41) is 10.6. The van der Waals surface area contributed by atoms with Crippen LogP contribution in [0.2, 0.25) is 0 Å². The molecule has 3 N–H and O–H groups in total. The SMILES string of the molecule is CCCCCCCC(=O)OC[C@H](COP(=O)(O)OC[C@H](O)COP(=O)(O)OC[C@@H](COC(=O)CCCCCCCCCCCCCCCCC(C)CC)OC(=O)CCCCCCCCCCCCCCCCC(C)CC)OC(=O)CCCCCCCCCCCCCCC(C)C. The average Bonchev–Trinajstić information content (AvgIpc) is 1.51. The highest BCUT2D eigenvalue weighted by atomic mass is 31.2. The van der Waals surface area contributed by atoms with Gasteiger partial charge < -0.3 is 33.8 Å². The summed E-state index contributed by atoms with van der Waals surface area (Å²) in [4.78, 5) is 72.6. The zero-order valence-corrected chi connectivity index (χ0v) is 64.6. The van der Waals surface area contributed by atoms with E-state index >= 15 is 0 Å². The van der Waals surface area contributed by atoms with E-state index in [0.717, 1.165) is 114 Å². The first-order chi connectivity index (χ1) is 46.3. The normalized spacial score (nSPS) is 14.6. The Bertz CT molecular complexity index is 1870. The molecule has 0 aromatic rings. The minimum atomic E-state index is -4.96. The highest BCUT2D eigenvalue weighted by Crippen LogP contribution is 2.45. The summed E-state index contributed by atoms with van der Waals surface area (Å²) in [6.45, 7) is 11.9. The van der Waals surface area contributed by atoms with Crippen LogP contribution in [0, 0.1) is 17.8 Å². The second-order valence-corrected chi connectivity index (χ2v) is 31.6. The fourth-order valence-electron chi connectivity index (χ4n) is 11.7. The maximum atomic E-state index is 13.1. The maximum Gasteiger partial charge on any atom is 0.472 e. The van der Waals surface area contributed by atoms with Gasteiger partial charge in [0.2, 0.25) is 0 Å². The van der Waals surface area contributed by atoms with E-state index in [4.69, 9.17) is 37.0 Å². The first-order valence-electron chi connectivity index (χ1n) is 39.9. The Balaban J connectivity index is 5.15. The van der Waals surface area contributed by atoms with Crippen molar-refractivity contribution < 1.29 is 80.2 Å². The first-order valence-corrected chi connectivity index (χ1v) is 42.9. The average molecular weight is 1410 g/mol. The van der Waals surface area contributed by atoms with Crippen LogP contribution in [0.15, 0.2) is 0 Å². The third-order valence-electron chi connectivity index (χ3n) is 18.6. The predicted molar refractivity (Wildman–Crippen MR) is 391 cm³/mol. The Labute approximate surface area is 588 Å². The van der Waals surface area contributed by atoms with E-state index in [2.05, 4.69) is 48.5 Å². The third kappa shape index (κ3) is 67.9. The van der Waals surface area contributed by atoms with Crippen LogP contribution in [0.1, 0.15) is 395 Å². The monoisotopic (exact) mass is 1410 g/mol. The van der Waals surface area contributed by atoms with Gasteiger partial charge in [-0.2, -0.15) is 0 Å². The second kappa shape index (κ2) is 67.5. The van der Waals surface area contributed by atoms with E-state index in [1.165, 1.54) is 199 Å². The minimum absolute atomic E-state index is 0.106. The quantitative estimate of drug-likeness (QED) is 0.0222. The van der Waals surface area contributed by atoms with Crippen molar-refractivity contribution in [2.45, 2.75) is 414 Å². The van der Waals surface area contributed by atoms with E-state index in [1.807, 2.05) is 0 Å². The molecule has 0 rings (SSSR count). The molecule has 570 valence electrons. The predicted octanol–water partition coefficient (Wildman–Crippen LogP) is 22.6. The molecule has 0 aromatic heterocycles. The zero-order valence-electron chi connectivity index (χ0n) is 62.8. The fraction of sp³-hybridized carbons (Fsp3) is 0.948. The first kappa shape index (κ1) is 94.1. The van der Waals surface area contributed by atoms with E-state index in [9.17, 15) is 43.2 Å². The van der Waals surface area contributed by atoms with E-state index in [1.54, 1.807) is 0 Å². The molecule has 0 fully saturated rings. The lowest BCUT2D eigenvalue weighted by molar-refractivity contribution is -0.161. The highest BCUT2D eigenvalue weighted by molar-refractivity contribution is 7.47. The number of unbranched alkanes of at least 4 members (excludes halogenated alkanes) is 41. The smallest absolute Gasteiger partial charge is 0.462 e. The molecular weight excluding hydrogens is 1260 g/mol. The molecule has 4 unspecified atom stereocenters. The Morgan fingerprint density at radius 3 is 0.792 bits per heavy atom. The van der Waals surface area contributed by atoms with Gasteiger partial charge in [-0.25, -0.2) is 9.13 Å². The number of rotatable bonds is 75. The molecule has 0 aliphatic rings. The molecule has 0 spiro atoms. The van der Waals surface area contributed by atoms with Gasteiger partial charge in [0.05, 0.1) is 26.4 Å². The molecule has 0 saturated heterocycles. The fourth-order valence-corrected chi connectivity index (χ4v) is 13.3. The third-order valence-corrected chi connectivity index (χ3v) is 20.5. The van der Waals surface area contributed by atoms with Crippen LogP contribution in [-0.2, 0) is 65.4 Å². The number of aliphatic hydroxyl groups is 1. The van der Waals surface area contributed by atoms with Gasteiger partial charge in [-0.3, -0.25) is 37.3 Å².